The summed E-state index contributed by atoms with van der Waals surface area (Å²) >= 11 is 0. The Bertz CT molecular complexity index is 288. The number of amides is 1. The molecule has 98 valence electrons. The van der Waals surface area contributed by atoms with Crippen LogP contribution in [0.1, 0.15) is 39.5 Å². The fourth-order valence-corrected chi connectivity index (χ4v) is 3.24. The third kappa shape index (κ3) is 3.21. The van der Waals surface area contributed by atoms with Gasteiger partial charge in [-0.3, -0.25) is 4.79 Å². The van der Waals surface area contributed by atoms with Crippen molar-refractivity contribution >= 4 is 5.91 Å². The second-order valence-corrected chi connectivity index (χ2v) is 6.63. The van der Waals surface area contributed by atoms with E-state index in [1.807, 2.05) is 0 Å². The SMILES string of the molecule is CN1CCC[C@@H](C(=O)N2CCCC(C)(C)C2)C1. The van der Waals surface area contributed by atoms with Gasteiger partial charge in [0.1, 0.15) is 0 Å². The number of likely N-dealkylation sites (tertiary alicyclic amines) is 2. The van der Waals surface area contributed by atoms with Gasteiger partial charge in [0.05, 0.1) is 5.92 Å². The molecule has 17 heavy (non-hydrogen) atoms. The maximum absolute atomic E-state index is 12.5. The van der Waals surface area contributed by atoms with E-state index in [2.05, 4.69) is 30.7 Å². The van der Waals surface area contributed by atoms with Gasteiger partial charge < -0.3 is 9.80 Å². The summed E-state index contributed by atoms with van der Waals surface area (Å²) in [6, 6.07) is 0. The third-order valence-electron chi connectivity index (χ3n) is 4.19. The number of piperidine rings is 2. The lowest BCUT2D eigenvalue weighted by atomic mass is 9.83. The third-order valence-corrected chi connectivity index (χ3v) is 4.19. The van der Waals surface area contributed by atoms with E-state index in [1.165, 1.54) is 19.3 Å². The quantitative estimate of drug-likeness (QED) is 0.697. The highest BCUT2D eigenvalue weighted by atomic mass is 16.2. The summed E-state index contributed by atoms with van der Waals surface area (Å²) in [6.45, 7) is 8.58. The first-order valence-electron chi connectivity index (χ1n) is 6.95. The van der Waals surface area contributed by atoms with Gasteiger partial charge >= 0.3 is 0 Å². The minimum absolute atomic E-state index is 0.252. The summed E-state index contributed by atoms with van der Waals surface area (Å²) in [5.74, 6) is 0.659. The lowest BCUT2D eigenvalue weighted by Crippen LogP contribution is -2.49. The number of carbonyl (C=O) groups excluding carboxylic acids is 1. The van der Waals surface area contributed by atoms with Crippen molar-refractivity contribution in [2.24, 2.45) is 11.3 Å². The molecule has 0 aliphatic carbocycles. The molecular weight excluding hydrogens is 212 g/mol. The molecule has 0 radical (unpaired) electrons. The van der Waals surface area contributed by atoms with Gasteiger partial charge in [-0.15, -0.1) is 0 Å². The number of hydrogen-bond acceptors (Lipinski definition) is 2. The number of hydrogen-bond donors (Lipinski definition) is 0. The smallest absolute Gasteiger partial charge is 0.226 e. The van der Waals surface area contributed by atoms with E-state index >= 15 is 0 Å². The molecule has 1 atom stereocenters. The van der Waals surface area contributed by atoms with Crippen molar-refractivity contribution in [1.82, 2.24) is 9.80 Å². The zero-order valence-electron chi connectivity index (χ0n) is 11.5. The number of nitrogens with zero attached hydrogens (tertiary/aromatic N) is 2. The predicted octanol–water partition coefficient (Wildman–Crippen LogP) is 1.98. The van der Waals surface area contributed by atoms with Crippen LogP contribution < -0.4 is 0 Å². The molecule has 0 bridgehead atoms. The molecule has 0 N–H and O–H groups in total. The van der Waals surface area contributed by atoms with Crippen LogP contribution in [0, 0.1) is 11.3 Å². The second-order valence-electron chi connectivity index (χ2n) is 6.63. The highest BCUT2D eigenvalue weighted by Gasteiger charge is 2.33. The topological polar surface area (TPSA) is 23.6 Å². The van der Waals surface area contributed by atoms with Crippen LogP contribution in [0.3, 0.4) is 0 Å². The summed E-state index contributed by atoms with van der Waals surface area (Å²) in [4.78, 5) is 16.9. The lowest BCUT2D eigenvalue weighted by Gasteiger charge is -2.41. The predicted molar refractivity (Wildman–Crippen MR) is 69.8 cm³/mol. The monoisotopic (exact) mass is 238 g/mol. The zero-order chi connectivity index (χ0) is 12.5. The van der Waals surface area contributed by atoms with E-state index in [9.17, 15) is 4.79 Å². The van der Waals surface area contributed by atoms with Crippen molar-refractivity contribution in [2.45, 2.75) is 39.5 Å². The summed E-state index contributed by atoms with van der Waals surface area (Å²) in [7, 11) is 2.12. The van der Waals surface area contributed by atoms with Gasteiger partial charge in [-0.2, -0.15) is 0 Å². The molecule has 2 aliphatic heterocycles. The average molecular weight is 238 g/mol. The summed E-state index contributed by atoms with van der Waals surface area (Å²) in [6.07, 6.45) is 4.67. The van der Waals surface area contributed by atoms with Gasteiger partial charge in [-0.25, -0.2) is 0 Å². The van der Waals surface area contributed by atoms with Crippen molar-refractivity contribution < 1.29 is 4.79 Å². The summed E-state index contributed by atoms with van der Waals surface area (Å²) in [5.41, 5.74) is 0.314. The van der Waals surface area contributed by atoms with Crippen molar-refractivity contribution in [3.63, 3.8) is 0 Å². The van der Waals surface area contributed by atoms with Gasteiger partial charge in [0, 0.05) is 19.6 Å². The Labute approximate surface area is 105 Å². The molecule has 0 unspecified atom stereocenters. The normalized spacial score (nSPS) is 30.3. The van der Waals surface area contributed by atoms with Gasteiger partial charge in [0.15, 0.2) is 0 Å². The molecule has 0 saturated carbocycles. The summed E-state index contributed by atoms with van der Waals surface area (Å²) in [5, 5.41) is 0. The van der Waals surface area contributed by atoms with Crippen LogP contribution in [-0.2, 0) is 4.79 Å². The largest absolute Gasteiger partial charge is 0.342 e. The van der Waals surface area contributed by atoms with E-state index in [0.717, 1.165) is 32.6 Å². The van der Waals surface area contributed by atoms with Gasteiger partial charge in [0.25, 0.3) is 0 Å². The fourth-order valence-electron chi connectivity index (χ4n) is 3.24. The van der Waals surface area contributed by atoms with E-state index in [0.29, 0.717) is 11.3 Å². The van der Waals surface area contributed by atoms with Crippen molar-refractivity contribution in [3.05, 3.63) is 0 Å². The summed E-state index contributed by atoms with van der Waals surface area (Å²) < 4.78 is 0. The van der Waals surface area contributed by atoms with Gasteiger partial charge in [-0.05, 0) is 44.7 Å². The van der Waals surface area contributed by atoms with Gasteiger partial charge in [-0.1, -0.05) is 13.8 Å². The van der Waals surface area contributed by atoms with Crippen molar-refractivity contribution in [1.29, 1.82) is 0 Å². The zero-order valence-corrected chi connectivity index (χ0v) is 11.5. The first-order valence-corrected chi connectivity index (χ1v) is 6.95. The minimum atomic E-state index is 0.252. The lowest BCUT2D eigenvalue weighted by molar-refractivity contribution is -0.140. The molecule has 2 rings (SSSR count). The molecule has 3 nitrogen and oxygen atoms in total. The van der Waals surface area contributed by atoms with Crippen molar-refractivity contribution in [2.75, 3.05) is 33.2 Å². The molecule has 2 heterocycles. The van der Waals surface area contributed by atoms with E-state index in [-0.39, 0.29) is 5.92 Å². The highest BCUT2D eigenvalue weighted by molar-refractivity contribution is 5.79. The van der Waals surface area contributed by atoms with Crippen LogP contribution >= 0.6 is 0 Å². The number of rotatable bonds is 1. The molecule has 0 spiro atoms. The first kappa shape index (κ1) is 12.9. The Morgan fingerprint density at radius 1 is 1.24 bits per heavy atom. The van der Waals surface area contributed by atoms with Crippen LogP contribution in [0.2, 0.25) is 0 Å². The Morgan fingerprint density at radius 2 is 2.00 bits per heavy atom. The molecule has 0 aromatic carbocycles. The second kappa shape index (κ2) is 4.97. The van der Waals surface area contributed by atoms with Crippen LogP contribution in [0.25, 0.3) is 0 Å². The van der Waals surface area contributed by atoms with Crippen LogP contribution in [0.4, 0.5) is 0 Å². The average Bonchev–Trinajstić information content (AvgIpc) is 2.26. The van der Waals surface area contributed by atoms with Crippen LogP contribution in [0.15, 0.2) is 0 Å². The van der Waals surface area contributed by atoms with E-state index < -0.39 is 0 Å². The Kier molecular flexibility index (Phi) is 3.76. The van der Waals surface area contributed by atoms with E-state index in [1.54, 1.807) is 0 Å². The molecular formula is C14H26N2O. The molecule has 0 aromatic rings. The van der Waals surface area contributed by atoms with Crippen LogP contribution in [0.5, 0.6) is 0 Å². The fraction of sp³-hybridized carbons (Fsp3) is 0.929. The Morgan fingerprint density at radius 3 is 2.65 bits per heavy atom. The van der Waals surface area contributed by atoms with Crippen molar-refractivity contribution in [3.8, 4) is 0 Å². The molecule has 2 aliphatic rings. The maximum atomic E-state index is 12.5. The first-order chi connectivity index (χ1) is 7.98. The molecule has 2 fully saturated rings. The highest BCUT2D eigenvalue weighted by Crippen LogP contribution is 2.30. The molecule has 1 amide bonds. The standard InChI is InChI=1S/C14H26N2O/c1-14(2)7-5-9-16(11-14)13(17)12-6-4-8-15(3)10-12/h12H,4-11H2,1-3H3/t12-/m1/s1. The van der Waals surface area contributed by atoms with Gasteiger partial charge in [0.2, 0.25) is 5.91 Å². The maximum Gasteiger partial charge on any atom is 0.226 e. The molecule has 2 saturated heterocycles. The Balaban J connectivity index is 1.94. The molecule has 0 aromatic heterocycles. The molecule has 3 heteroatoms. The Hall–Kier alpha value is -0.570. The van der Waals surface area contributed by atoms with Crippen LogP contribution in [-0.4, -0.2) is 48.9 Å². The minimum Gasteiger partial charge on any atom is -0.342 e. The van der Waals surface area contributed by atoms with E-state index in [4.69, 9.17) is 0 Å². The number of carbonyl (C=O) groups is 1.